The predicted molar refractivity (Wildman–Crippen MR) is 75.8 cm³/mol. The van der Waals surface area contributed by atoms with Gasteiger partial charge in [0.1, 0.15) is 6.04 Å². The number of rotatable bonds is 10. The van der Waals surface area contributed by atoms with Crippen LogP contribution >= 0.6 is 11.8 Å². The molecule has 0 bridgehead atoms. The van der Waals surface area contributed by atoms with Crippen LogP contribution in [0.4, 0.5) is 0 Å². The van der Waals surface area contributed by atoms with Crippen LogP contribution in [0.3, 0.4) is 0 Å². The van der Waals surface area contributed by atoms with Crippen molar-refractivity contribution in [1.82, 2.24) is 10.6 Å². The van der Waals surface area contributed by atoms with Crippen LogP contribution in [-0.4, -0.2) is 64.6 Å². The summed E-state index contributed by atoms with van der Waals surface area (Å²) in [7, 11) is 0. The lowest BCUT2D eigenvalue weighted by molar-refractivity contribution is -0.147. The molecule has 0 spiro atoms. The van der Waals surface area contributed by atoms with Gasteiger partial charge in [-0.15, -0.1) is 0 Å². The zero-order valence-electron chi connectivity index (χ0n) is 11.5. The lowest BCUT2D eigenvalue weighted by Crippen LogP contribution is -2.49. The molecule has 0 aliphatic heterocycles. The van der Waals surface area contributed by atoms with Gasteiger partial charge in [-0.1, -0.05) is 0 Å². The van der Waals surface area contributed by atoms with Gasteiger partial charge in [0, 0.05) is 0 Å². The average molecular weight is 321 g/mol. The summed E-state index contributed by atoms with van der Waals surface area (Å²) < 4.78 is 0. The van der Waals surface area contributed by atoms with Crippen molar-refractivity contribution in [1.29, 1.82) is 0 Å². The predicted octanol–water partition coefficient (Wildman–Crippen LogP) is -1.77. The van der Waals surface area contributed by atoms with Gasteiger partial charge in [-0.3, -0.25) is 14.4 Å². The summed E-state index contributed by atoms with van der Waals surface area (Å²) in [6.45, 7) is -0.463. The van der Waals surface area contributed by atoms with Crippen molar-refractivity contribution < 1.29 is 29.4 Å². The molecule has 0 aromatic rings. The molecule has 10 heteroatoms. The first-order valence-corrected chi connectivity index (χ1v) is 7.43. The largest absolute Gasteiger partial charge is 0.481 e. The van der Waals surface area contributed by atoms with E-state index in [1.165, 1.54) is 11.8 Å². The minimum Gasteiger partial charge on any atom is -0.481 e. The molecule has 0 aliphatic rings. The Hall–Kier alpha value is -1.81. The lowest BCUT2D eigenvalue weighted by atomic mass is 10.2. The molecule has 0 saturated heterocycles. The molecule has 21 heavy (non-hydrogen) atoms. The number of carboxylic acids is 2. The molecule has 2 amide bonds. The molecule has 0 heterocycles. The topological polar surface area (TPSA) is 159 Å². The van der Waals surface area contributed by atoms with Crippen molar-refractivity contribution in [3.05, 3.63) is 0 Å². The molecule has 0 aliphatic carbocycles. The van der Waals surface area contributed by atoms with Crippen LogP contribution in [0.2, 0.25) is 0 Å². The van der Waals surface area contributed by atoms with Crippen LogP contribution in [-0.2, 0) is 19.2 Å². The fourth-order valence-corrected chi connectivity index (χ4v) is 1.78. The van der Waals surface area contributed by atoms with E-state index in [2.05, 4.69) is 5.32 Å². The van der Waals surface area contributed by atoms with Gasteiger partial charge in [0.15, 0.2) is 0 Å². The second-order valence-corrected chi connectivity index (χ2v) is 5.15. The van der Waals surface area contributed by atoms with E-state index in [4.69, 9.17) is 15.9 Å². The Morgan fingerprint density at radius 2 is 1.86 bits per heavy atom. The van der Waals surface area contributed by atoms with Gasteiger partial charge in [0.25, 0.3) is 0 Å². The van der Waals surface area contributed by atoms with Crippen LogP contribution in [0.5, 0.6) is 0 Å². The summed E-state index contributed by atoms with van der Waals surface area (Å²) in [5.41, 5.74) is 5.58. The summed E-state index contributed by atoms with van der Waals surface area (Å²) in [6, 6.07) is -2.29. The maximum atomic E-state index is 11.5. The molecule has 2 atom stereocenters. The van der Waals surface area contributed by atoms with Crippen molar-refractivity contribution in [3.63, 3.8) is 0 Å². The van der Waals surface area contributed by atoms with E-state index in [-0.39, 0.29) is 0 Å². The fourth-order valence-electron chi connectivity index (χ4n) is 1.29. The number of nitrogens with one attached hydrogen (secondary N) is 2. The zero-order valence-corrected chi connectivity index (χ0v) is 12.3. The Morgan fingerprint density at radius 3 is 2.33 bits per heavy atom. The Labute approximate surface area is 125 Å². The number of hydrogen-bond donors (Lipinski definition) is 5. The molecular formula is C11H19N3O6S. The number of nitrogens with two attached hydrogens (primary N) is 1. The molecule has 0 aromatic carbocycles. The molecule has 0 rings (SSSR count). The van der Waals surface area contributed by atoms with Gasteiger partial charge in [-0.05, 0) is 18.4 Å². The third-order valence-corrected chi connectivity index (χ3v) is 3.05. The second-order valence-electron chi connectivity index (χ2n) is 4.16. The van der Waals surface area contributed by atoms with Gasteiger partial charge in [0.2, 0.25) is 11.8 Å². The van der Waals surface area contributed by atoms with Crippen molar-refractivity contribution in [2.45, 2.75) is 24.9 Å². The van der Waals surface area contributed by atoms with E-state index < -0.39 is 48.8 Å². The third-order valence-electron chi connectivity index (χ3n) is 2.40. The number of hydrogen-bond acceptors (Lipinski definition) is 6. The summed E-state index contributed by atoms with van der Waals surface area (Å²) in [5, 5.41) is 21.5. The van der Waals surface area contributed by atoms with E-state index in [0.29, 0.717) is 12.2 Å². The van der Waals surface area contributed by atoms with Crippen molar-refractivity contribution in [2.75, 3.05) is 18.6 Å². The van der Waals surface area contributed by atoms with E-state index in [9.17, 15) is 19.2 Å². The van der Waals surface area contributed by atoms with E-state index >= 15 is 0 Å². The van der Waals surface area contributed by atoms with Gasteiger partial charge >= 0.3 is 11.9 Å². The number of thioether (sulfide) groups is 1. The molecular weight excluding hydrogens is 302 g/mol. The SMILES string of the molecule is CSCC[C@H](N)C(=O)NCC(=O)N[C@@H](CC(=O)O)C(=O)O. The minimum atomic E-state index is -1.54. The van der Waals surface area contributed by atoms with E-state index in [0.717, 1.165) is 0 Å². The first-order valence-electron chi connectivity index (χ1n) is 6.04. The second kappa shape index (κ2) is 10.00. The Morgan fingerprint density at radius 1 is 1.24 bits per heavy atom. The molecule has 0 aromatic heterocycles. The average Bonchev–Trinajstić information content (AvgIpc) is 2.40. The smallest absolute Gasteiger partial charge is 0.326 e. The highest BCUT2D eigenvalue weighted by molar-refractivity contribution is 7.98. The van der Waals surface area contributed by atoms with Crippen LogP contribution in [0.1, 0.15) is 12.8 Å². The summed E-state index contributed by atoms with van der Waals surface area (Å²) in [6.07, 6.45) is 1.57. The molecule has 0 fully saturated rings. The number of aliphatic carboxylic acids is 2. The quantitative estimate of drug-likeness (QED) is 0.316. The highest BCUT2D eigenvalue weighted by atomic mass is 32.2. The van der Waals surface area contributed by atoms with Crippen molar-refractivity contribution in [2.24, 2.45) is 5.73 Å². The maximum Gasteiger partial charge on any atom is 0.326 e. The van der Waals surface area contributed by atoms with Crippen LogP contribution < -0.4 is 16.4 Å². The first kappa shape index (κ1) is 19.2. The Bertz CT molecular complexity index is 403. The number of carbonyl (C=O) groups excluding carboxylic acids is 2. The molecule has 0 unspecified atom stereocenters. The molecule has 9 nitrogen and oxygen atoms in total. The van der Waals surface area contributed by atoms with Crippen molar-refractivity contribution in [3.8, 4) is 0 Å². The normalized spacial score (nSPS) is 13.0. The van der Waals surface area contributed by atoms with Gasteiger partial charge in [-0.2, -0.15) is 11.8 Å². The summed E-state index contributed by atoms with van der Waals surface area (Å²) >= 11 is 1.53. The van der Waals surface area contributed by atoms with Gasteiger partial charge in [0.05, 0.1) is 19.0 Å². The van der Waals surface area contributed by atoms with Crippen LogP contribution in [0, 0.1) is 0 Å². The number of amides is 2. The third kappa shape index (κ3) is 8.87. The molecule has 0 saturated carbocycles. The van der Waals surface area contributed by atoms with E-state index in [1.807, 2.05) is 11.6 Å². The lowest BCUT2D eigenvalue weighted by Gasteiger charge is -2.14. The van der Waals surface area contributed by atoms with Crippen LogP contribution in [0.15, 0.2) is 0 Å². The van der Waals surface area contributed by atoms with Gasteiger partial charge < -0.3 is 26.6 Å². The van der Waals surface area contributed by atoms with Gasteiger partial charge in [-0.25, -0.2) is 4.79 Å². The molecule has 0 radical (unpaired) electrons. The molecule has 120 valence electrons. The minimum absolute atomic E-state index is 0.450. The fraction of sp³-hybridized carbons (Fsp3) is 0.636. The monoisotopic (exact) mass is 321 g/mol. The first-order chi connectivity index (χ1) is 9.77. The Balaban J connectivity index is 4.21. The Kier molecular flexibility index (Phi) is 9.13. The highest BCUT2D eigenvalue weighted by Crippen LogP contribution is 1.98. The van der Waals surface area contributed by atoms with Crippen molar-refractivity contribution >= 4 is 35.5 Å². The molecule has 6 N–H and O–H groups in total. The number of carboxylic acid groups (broad SMARTS) is 2. The highest BCUT2D eigenvalue weighted by Gasteiger charge is 2.23. The maximum absolute atomic E-state index is 11.5. The summed E-state index contributed by atoms with van der Waals surface area (Å²) in [4.78, 5) is 44.2. The van der Waals surface area contributed by atoms with Crippen LogP contribution in [0.25, 0.3) is 0 Å². The number of carbonyl (C=O) groups is 4. The van der Waals surface area contributed by atoms with E-state index in [1.54, 1.807) is 0 Å². The summed E-state index contributed by atoms with van der Waals surface area (Å²) in [5.74, 6) is -3.45. The standard InChI is InChI=1S/C11H19N3O6S/c1-21-3-2-6(12)10(18)13-5-8(15)14-7(11(19)20)4-9(16)17/h6-7H,2-5,12H2,1H3,(H,13,18)(H,14,15)(H,16,17)(H,19,20)/t6-,7-/m0/s1. The zero-order chi connectivity index (χ0) is 16.4.